The Bertz CT molecular complexity index is 829. The first kappa shape index (κ1) is 17.6. The van der Waals surface area contributed by atoms with Crippen LogP contribution in [0.15, 0.2) is 36.5 Å². The Hall–Kier alpha value is -2.85. The lowest BCUT2D eigenvalue weighted by molar-refractivity contribution is -0.132. The smallest absolute Gasteiger partial charge is 0.237 e. The standard InChI is InChI=1S/C20H23N5O2/c21-12-15-4-3-10-25(15)20(26)14-24-11-8-16(13-24)27-19-6-2-1-5-17(19)18-7-9-22-23-18/h1-2,5-7,9,15-16H,3-4,8,10-11,13-14H2,(H,22,23). The number of aromatic amines is 1. The highest BCUT2D eigenvalue weighted by molar-refractivity contribution is 5.79. The second-order valence-corrected chi connectivity index (χ2v) is 7.09. The number of carbonyl (C=O) groups excluding carboxylic acids is 1. The third kappa shape index (κ3) is 3.81. The second kappa shape index (κ2) is 7.80. The average Bonchev–Trinajstić information content (AvgIpc) is 3.44. The molecule has 0 radical (unpaired) electrons. The number of aromatic nitrogens is 2. The van der Waals surface area contributed by atoms with Gasteiger partial charge in [-0.25, -0.2) is 0 Å². The third-order valence-electron chi connectivity index (χ3n) is 5.27. The summed E-state index contributed by atoms with van der Waals surface area (Å²) in [6.45, 7) is 2.60. The highest BCUT2D eigenvalue weighted by atomic mass is 16.5. The molecule has 2 unspecified atom stereocenters. The van der Waals surface area contributed by atoms with Gasteiger partial charge < -0.3 is 9.64 Å². The molecule has 2 atom stereocenters. The molecule has 1 aromatic carbocycles. The van der Waals surface area contributed by atoms with E-state index in [1.807, 2.05) is 30.3 Å². The number of nitriles is 1. The maximum absolute atomic E-state index is 12.5. The van der Waals surface area contributed by atoms with Crippen molar-refractivity contribution in [3.8, 4) is 23.1 Å². The predicted octanol–water partition coefficient (Wildman–Crippen LogP) is 2.04. The fraction of sp³-hybridized carbons (Fsp3) is 0.450. The first-order valence-electron chi connectivity index (χ1n) is 9.42. The summed E-state index contributed by atoms with van der Waals surface area (Å²) >= 11 is 0. The van der Waals surface area contributed by atoms with Gasteiger partial charge in [0.1, 0.15) is 17.9 Å². The van der Waals surface area contributed by atoms with Crippen LogP contribution in [0.2, 0.25) is 0 Å². The molecule has 4 rings (SSSR count). The number of ether oxygens (including phenoxy) is 1. The van der Waals surface area contributed by atoms with Crippen LogP contribution < -0.4 is 4.74 Å². The zero-order chi connectivity index (χ0) is 18.6. The van der Waals surface area contributed by atoms with Crippen LogP contribution >= 0.6 is 0 Å². The molecule has 140 valence electrons. The number of hydrogen-bond donors (Lipinski definition) is 1. The van der Waals surface area contributed by atoms with Gasteiger partial charge in [-0.1, -0.05) is 12.1 Å². The molecular formula is C20H23N5O2. The summed E-state index contributed by atoms with van der Waals surface area (Å²) in [6, 6.07) is 11.8. The number of rotatable bonds is 5. The highest BCUT2D eigenvalue weighted by Gasteiger charge is 2.32. The first-order valence-corrected chi connectivity index (χ1v) is 9.42. The molecule has 1 aromatic heterocycles. The minimum absolute atomic E-state index is 0.0447. The molecular weight excluding hydrogens is 342 g/mol. The van der Waals surface area contributed by atoms with Gasteiger partial charge in [0, 0.05) is 31.4 Å². The lowest BCUT2D eigenvalue weighted by Crippen LogP contribution is -2.42. The van der Waals surface area contributed by atoms with Crippen LogP contribution in [0.5, 0.6) is 5.75 Å². The summed E-state index contributed by atoms with van der Waals surface area (Å²) in [4.78, 5) is 16.4. The molecule has 2 aliphatic heterocycles. The Balaban J connectivity index is 1.36. The number of nitrogens with zero attached hydrogens (tertiary/aromatic N) is 4. The van der Waals surface area contributed by atoms with Crippen molar-refractivity contribution in [1.82, 2.24) is 20.0 Å². The highest BCUT2D eigenvalue weighted by Crippen LogP contribution is 2.30. The molecule has 2 saturated heterocycles. The van der Waals surface area contributed by atoms with Gasteiger partial charge in [0.05, 0.1) is 18.3 Å². The molecule has 1 amide bonds. The predicted molar refractivity (Wildman–Crippen MR) is 99.8 cm³/mol. The van der Waals surface area contributed by atoms with E-state index in [0.29, 0.717) is 19.6 Å². The Morgan fingerprint density at radius 3 is 3.00 bits per heavy atom. The SMILES string of the molecule is N#CC1CCCN1C(=O)CN1CCC(Oc2ccccc2-c2cc[nH]n2)C1. The van der Waals surface area contributed by atoms with E-state index >= 15 is 0 Å². The topological polar surface area (TPSA) is 85.3 Å². The largest absolute Gasteiger partial charge is 0.488 e. The number of likely N-dealkylation sites (tertiary alicyclic amines) is 2. The molecule has 0 spiro atoms. The van der Waals surface area contributed by atoms with Crippen LogP contribution in [0.25, 0.3) is 11.3 Å². The van der Waals surface area contributed by atoms with Crippen molar-refractivity contribution in [1.29, 1.82) is 5.26 Å². The number of H-pyrrole nitrogens is 1. The summed E-state index contributed by atoms with van der Waals surface area (Å²) in [5.41, 5.74) is 1.81. The Kier molecular flexibility index (Phi) is 5.07. The Morgan fingerprint density at radius 2 is 2.19 bits per heavy atom. The van der Waals surface area contributed by atoms with Crippen molar-refractivity contribution in [3.05, 3.63) is 36.5 Å². The van der Waals surface area contributed by atoms with Crippen molar-refractivity contribution < 1.29 is 9.53 Å². The van der Waals surface area contributed by atoms with Crippen LogP contribution in [0.4, 0.5) is 0 Å². The van der Waals surface area contributed by atoms with Gasteiger partial charge in [0.2, 0.25) is 5.91 Å². The molecule has 27 heavy (non-hydrogen) atoms. The van der Waals surface area contributed by atoms with E-state index in [2.05, 4.69) is 21.2 Å². The number of para-hydroxylation sites is 1. The molecule has 0 saturated carbocycles. The van der Waals surface area contributed by atoms with Gasteiger partial charge in [0.25, 0.3) is 0 Å². The minimum Gasteiger partial charge on any atom is -0.488 e. The van der Waals surface area contributed by atoms with E-state index in [9.17, 15) is 10.1 Å². The molecule has 1 N–H and O–H groups in total. The van der Waals surface area contributed by atoms with Gasteiger partial charge in [-0.3, -0.25) is 14.8 Å². The van der Waals surface area contributed by atoms with Crippen LogP contribution in [-0.2, 0) is 4.79 Å². The van der Waals surface area contributed by atoms with E-state index in [4.69, 9.17) is 4.74 Å². The minimum atomic E-state index is -0.257. The molecule has 7 heteroatoms. The van der Waals surface area contributed by atoms with E-state index in [1.165, 1.54) is 0 Å². The lowest BCUT2D eigenvalue weighted by Gasteiger charge is -2.23. The third-order valence-corrected chi connectivity index (χ3v) is 5.27. The summed E-state index contributed by atoms with van der Waals surface area (Å²) < 4.78 is 6.24. The Labute approximate surface area is 158 Å². The fourth-order valence-electron chi connectivity index (χ4n) is 3.89. The normalized spacial score (nSPS) is 22.7. The van der Waals surface area contributed by atoms with E-state index in [0.717, 1.165) is 42.8 Å². The number of nitrogens with one attached hydrogen (secondary N) is 1. The maximum Gasteiger partial charge on any atom is 0.237 e. The summed E-state index contributed by atoms with van der Waals surface area (Å²) in [5.74, 6) is 0.864. The van der Waals surface area contributed by atoms with Crippen LogP contribution in [0.1, 0.15) is 19.3 Å². The van der Waals surface area contributed by atoms with E-state index < -0.39 is 0 Å². The molecule has 2 aromatic rings. The molecule has 0 aliphatic carbocycles. The molecule has 2 aliphatic rings. The van der Waals surface area contributed by atoms with Crippen molar-refractivity contribution in [2.45, 2.75) is 31.4 Å². The van der Waals surface area contributed by atoms with Crippen LogP contribution in [0, 0.1) is 11.3 Å². The summed E-state index contributed by atoms with van der Waals surface area (Å²) in [7, 11) is 0. The molecule has 0 bridgehead atoms. The number of hydrogen-bond acceptors (Lipinski definition) is 5. The quantitative estimate of drug-likeness (QED) is 0.876. The van der Waals surface area contributed by atoms with Crippen molar-refractivity contribution in [2.75, 3.05) is 26.2 Å². The van der Waals surface area contributed by atoms with Crippen LogP contribution in [-0.4, -0.2) is 64.2 Å². The van der Waals surface area contributed by atoms with Gasteiger partial charge in [0.15, 0.2) is 0 Å². The van der Waals surface area contributed by atoms with Gasteiger partial charge in [-0.05, 0) is 37.5 Å². The van der Waals surface area contributed by atoms with Crippen molar-refractivity contribution >= 4 is 5.91 Å². The molecule has 2 fully saturated rings. The fourth-order valence-corrected chi connectivity index (χ4v) is 3.89. The number of carbonyl (C=O) groups is 1. The first-order chi connectivity index (χ1) is 13.2. The zero-order valence-electron chi connectivity index (χ0n) is 15.2. The second-order valence-electron chi connectivity index (χ2n) is 7.09. The van der Waals surface area contributed by atoms with E-state index in [1.54, 1.807) is 11.1 Å². The zero-order valence-corrected chi connectivity index (χ0v) is 15.2. The summed E-state index contributed by atoms with van der Waals surface area (Å²) in [6.07, 6.45) is 4.42. The van der Waals surface area contributed by atoms with Crippen LogP contribution in [0.3, 0.4) is 0 Å². The number of amides is 1. The average molecular weight is 365 g/mol. The monoisotopic (exact) mass is 365 g/mol. The van der Waals surface area contributed by atoms with Gasteiger partial charge in [-0.15, -0.1) is 0 Å². The summed E-state index contributed by atoms with van der Waals surface area (Å²) in [5, 5.41) is 16.2. The van der Waals surface area contributed by atoms with Gasteiger partial charge >= 0.3 is 0 Å². The maximum atomic E-state index is 12.5. The van der Waals surface area contributed by atoms with Crippen molar-refractivity contribution in [2.24, 2.45) is 0 Å². The molecule has 7 nitrogen and oxygen atoms in total. The lowest BCUT2D eigenvalue weighted by atomic mass is 10.1. The molecule has 3 heterocycles. The Morgan fingerprint density at radius 1 is 1.30 bits per heavy atom. The van der Waals surface area contributed by atoms with Gasteiger partial charge in [-0.2, -0.15) is 10.4 Å². The number of benzene rings is 1. The van der Waals surface area contributed by atoms with E-state index in [-0.39, 0.29) is 18.1 Å². The van der Waals surface area contributed by atoms with Crippen molar-refractivity contribution in [3.63, 3.8) is 0 Å².